The zero-order chi connectivity index (χ0) is 20.4. The van der Waals surface area contributed by atoms with Crippen molar-refractivity contribution in [3.8, 4) is 5.75 Å². The Morgan fingerprint density at radius 3 is 2.54 bits per heavy atom. The molecule has 1 heterocycles. The van der Waals surface area contributed by atoms with Crippen LogP contribution in [0.4, 0.5) is 5.69 Å². The van der Waals surface area contributed by atoms with E-state index in [9.17, 15) is 9.59 Å². The molecule has 0 aliphatic heterocycles. The second-order valence-corrected chi connectivity index (χ2v) is 9.22. The molecule has 3 aromatic rings. The maximum absolute atomic E-state index is 13.0. The smallest absolute Gasteiger partial charge is 0.335 e. The number of carboxylic acid groups (broad SMARTS) is 1. The quantitative estimate of drug-likeness (QED) is 0.507. The molecule has 0 aliphatic rings. The van der Waals surface area contributed by atoms with Crippen LogP contribution in [0.1, 0.15) is 39.4 Å². The van der Waals surface area contributed by atoms with Crippen molar-refractivity contribution in [2.75, 3.05) is 12.4 Å². The molecule has 0 unspecified atom stereocenters. The van der Waals surface area contributed by atoms with Gasteiger partial charge in [-0.25, -0.2) is 4.79 Å². The zero-order valence-corrected chi connectivity index (χ0v) is 17.7. The Balaban J connectivity index is 1.98. The number of aromatic carboxylic acids is 1. The normalized spacial score (nSPS) is 11.0. The molecule has 146 valence electrons. The molecule has 0 saturated carbocycles. The summed E-state index contributed by atoms with van der Waals surface area (Å²) in [5.74, 6) is -0.432. The van der Waals surface area contributed by atoms with Gasteiger partial charge in [-0.15, -0.1) is 23.1 Å². The molecule has 5 nitrogen and oxygen atoms in total. The summed E-state index contributed by atoms with van der Waals surface area (Å²) in [5, 5.41) is 13.4. The predicted molar refractivity (Wildman–Crippen MR) is 115 cm³/mol. The molecule has 2 aromatic carbocycles. The Kier molecular flexibility index (Phi) is 5.96. The van der Waals surface area contributed by atoms with Crippen molar-refractivity contribution in [1.82, 2.24) is 0 Å². The molecule has 3 rings (SSSR count). The summed E-state index contributed by atoms with van der Waals surface area (Å²) in [5.41, 5.74) is 1.40. The summed E-state index contributed by atoms with van der Waals surface area (Å²) >= 11 is 3.09. The number of rotatable bonds is 6. The first-order valence-corrected chi connectivity index (χ1v) is 10.4. The van der Waals surface area contributed by atoms with Crippen molar-refractivity contribution < 1.29 is 19.4 Å². The molecular formula is C21H21NO4S2. The van der Waals surface area contributed by atoms with Crippen LogP contribution in [-0.4, -0.2) is 29.3 Å². The van der Waals surface area contributed by atoms with Crippen LogP contribution in [0, 0.1) is 6.92 Å². The van der Waals surface area contributed by atoms with E-state index in [-0.39, 0.29) is 11.5 Å². The fraction of sp³-hybridized carbons (Fsp3) is 0.238. The fourth-order valence-electron chi connectivity index (χ4n) is 2.85. The highest BCUT2D eigenvalue weighted by atomic mass is 32.2. The summed E-state index contributed by atoms with van der Waals surface area (Å²) < 4.78 is 6.36. The van der Waals surface area contributed by atoms with Gasteiger partial charge in [0.2, 0.25) is 0 Å². The van der Waals surface area contributed by atoms with Gasteiger partial charge < -0.3 is 15.2 Å². The van der Waals surface area contributed by atoms with Crippen LogP contribution in [-0.2, 0) is 0 Å². The number of amides is 1. The first kappa shape index (κ1) is 20.2. The number of benzene rings is 2. The van der Waals surface area contributed by atoms with Crippen LogP contribution in [0.5, 0.6) is 5.75 Å². The van der Waals surface area contributed by atoms with Gasteiger partial charge in [-0.3, -0.25) is 4.79 Å². The van der Waals surface area contributed by atoms with Gasteiger partial charge in [0, 0.05) is 25.9 Å². The van der Waals surface area contributed by atoms with E-state index in [1.165, 1.54) is 17.4 Å². The number of methoxy groups -OCH3 is 1. The summed E-state index contributed by atoms with van der Waals surface area (Å²) in [6.07, 6.45) is 0. The third kappa shape index (κ3) is 4.15. The van der Waals surface area contributed by atoms with Gasteiger partial charge in [0.1, 0.15) is 10.6 Å². The Morgan fingerprint density at radius 1 is 1.18 bits per heavy atom. The van der Waals surface area contributed by atoms with Gasteiger partial charge in [0.25, 0.3) is 5.91 Å². The van der Waals surface area contributed by atoms with Crippen molar-refractivity contribution in [2.24, 2.45) is 0 Å². The molecule has 0 radical (unpaired) electrons. The number of ether oxygens (including phenoxy) is 1. The third-order valence-corrected chi connectivity index (χ3v) is 6.55. The average molecular weight is 416 g/mol. The highest BCUT2D eigenvalue weighted by Gasteiger charge is 2.21. The number of carbonyl (C=O) groups is 2. The number of thioether (sulfide) groups is 1. The number of aryl methyl sites for hydroxylation is 1. The van der Waals surface area contributed by atoms with Crippen LogP contribution in [0.15, 0.2) is 41.3 Å². The number of thiophene rings is 1. The number of hydrogen-bond donors (Lipinski definition) is 2. The Hall–Kier alpha value is -2.51. The van der Waals surface area contributed by atoms with Crippen molar-refractivity contribution >= 4 is 50.7 Å². The van der Waals surface area contributed by atoms with Crippen LogP contribution in [0.3, 0.4) is 0 Å². The highest BCUT2D eigenvalue weighted by molar-refractivity contribution is 8.00. The van der Waals surface area contributed by atoms with E-state index in [2.05, 4.69) is 19.2 Å². The minimum absolute atomic E-state index is 0.203. The number of carboxylic acids is 1. The van der Waals surface area contributed by atoms with E-state index in [4.69, 9.17) is 9.84 Å². The molecule has 1 aromatic heterocycles. The van der Waals surface area contributed by atoms with E-state index in [0.29, 0.717) is 21.4 Å². The summed E-state index contributed by atoms with van der Waals surface area (Å²) in [4.78, 5) is 25.8. The molecule has 0 fully saturated rings. The molecule has 1 amide bonds. The molecule has 7 heteroatoms. The average Bonchev–Trinajstić information content (AvgIpc) is 2.98. The second kappa shape index (κ2) is 8.24. The van der Waals surface area contributed by atoms with Crippen molar-refractivity contribution in [1.29, 1.82) is 0 Å². The topological polar surface area (TPSA) is 75.6 Å². The van der Waals surface area contributed by atoms with Gasteiger partial charge in [-0.2, -0.15) is 0 Å². The molecule has 0 bridgehead atoms. The Labute approximate surface area is 171 Å². The van der Waals surface area contributed by atoms with E-state index in [0.717, 1.165) is 20.7 Å². The maximum Gasteiger partial charge on any atom is 0.335 e. The summed E-state index contributed by atoms with van der Waals surface area (Å²) in [7, 11) is 1.62. The molecule has 0 aliphatic carbocycles. The number of fused-ring (bicyclic) bond motifs is 1. The standard InChI is InChI=1S/C21H21NO4S2/c1-11(2)27-18-16-10-14(26-4)6-8-17(16)28-19(18)20(23)22-13-5-7-15(21(24)25)12(3)9-13/h5-11H,1-4H3,(H,22,23)(H,24,25). The molecule has 0 saturated heterocycles. The Morgan fingerprint density at radius 2 is 1.93 bits per heavy atom. The molecule has 2 N–H and O–H groups in total. The summed E-state index contributed by atoms with van der Waals surface area (Å²) in [6, 6.07) is 10.6. The first-order chi connectivity index (χ1) is 13.3. The molecule has 0 spiro atoms. The minimum atomic E-state index is -0.982. The van der Waals surface area contributed by atoms with Crippen LogP contribution in [0.2, 0.25) is 0 Å². The van der Waals surface area contributed by atoms with Crippen LogP contribution in [0.25, 0.3) is 10.1 Å². The lowest BCUT2D eigenvalue weighted by atomic mass is 10.1. The van der Waals surface area contributed by atoms with Crippen molar-refractivity contribution in [3.63, 3.8) is 0 Å². The van der Waals surface area contributed by atoms with E-state index >= 15 is 0 Å². The van der Waals surface area contributed by atoms with Gasteiger partial charge >= 0.3 is 5.97 Å². The lowest BCUT2D eigenvalue weighted by Gasteiger charge is -2.10. The first-order valence-electron chi connectivity index (χ1n) is 8.72. The molecule has 28 heavy (non-hydrogen) atoms. The second-order valence-electron chi connectivity index (χ2n) is 6.58. The fourth-order valence-corrected chi connectivity index (χ4v) is 5.13. The van der Waals surface area contributed by atoms with Crippen LogP contribution >= 0.6 is 23.1 Å². The predicted octanol–water partition coefficient (Wildman–Crippen LogP) is 5.67. The molecular weight excluding hydrogens is 394 g/mol. The third-order valence-electron chi connectivity index (χ3n) is 4.12. The van der Waals surface area contributed by atoms with Gasteiger partial charge in [0.05, 0.1) is 12.7 Å². The number of hydrogen-bond acceptors (Lipinski definition) is 5. The molecule has 0 atom stereocenters. The lowest BCUT2D eigenvalue weighted by molar-refractivity contribution is 0.0696. The zero-order valence-electron chi connectivity index (χ0n) is 16.0. The van der Waals surface area contributed by atoms with Crippen LogP contribution < -0.4 is 10.1 Å². The van der Waals surface area contributed by atoms with Crippen molar-refractivity contribution in [3.05, 3.63) is 52.4 Å². The number of anilines is 1. The van der Waals surface area contributed by atoms with Gasteiger partial charge in [0.15, 0.2) is 0 Å². The largest absolute Gasteiger partial charge is 0.497 e. The van der Waals surface area contributed by atoms with Gasteiger partial charge in [-0.05, 0) is 48.9 Å². The van der Waals surface area contributed by atoms with Crippen molar-refractivity contribution in [2.45, 2.75) is 30.9 Å². The SMILES string of the molecule is COc1ccc2sc(C(=O)Nc3ccc(C(=O)O)c(C)c3)c(SC(C)C)c2c1. The number of carbonyl (C=O) groups excluding carboxylic acids is 1. The van der Waals surface area contributed by atoms with Gasteiger partial charge in [-0.1, -0.05) is 13.8 Å². The van der Waals surface area contributed by atoms with E-state index in [1.807, 2.05) is 18.2 Å². The lowest BCUT2D eigenvalue weighted by Crippen LogP contribution is -2.12. The highest BCUT2D eigenvalue weighted by Crippen LogP contribution is 2.41. The minimum Gasteiger partial charge on any atom is -0.497 e. The maximum atomic E-state index is 13.0. The monoisotopic (exact) mass is 415 g/mol. The number of nitrogens with one attached hydrogen (secondary N) is 1. The van der Waals surface area contributed by atoms with E-state index < -0.39 is 5.97 Å². The van der Waals surface area contributed by atoms with E-state index in [1.54, 1.807) is 37.9 Å². The Bertz CT molecular complexity index is 1060. The summed E-state index contributed by atoms with van der Waals surface area (Å²) in [6.45, 7) is 5.89.